The van der Waals surface area contributed by atoms with Crippen molar-refractivity contribution in [3.05, 3.63) is 0 Å². The van der Waals surface area contributed by atoms with Gasteiger partial charge >= 0.3 is 0 Å². The van der Waals surface area contributed by atoms with Crippen LogP contribution < -0.4 is 0 Å². The molecule has 0 nitrogen and oxygen atoms in total. The van der Waals surface area contributed by atoms with Crippen LogP contribution in [0.4, 0.5) is 0 Å². The summed E-state index contributed by atoms with van der Waals surface area (Å²) in [4.78, 5) is 0. The summed E-state index contributed by atoms with van der Waals surface area (Å²) in [6.07, 6.45) is 12.6. The summed E-state index contributed by atoms with van der Waals surface area (Å²) in [7, 11) is 0. The summed E-state index contributed by atoms with van der Waals surface area (Å²) < 4.78 is 0. The fourth-order valence-electron chi connectivity index (χ4n) is 4.27. The van der Waals surface area contributed by atoms with Gasteiger partial charge in [-0.3, -0.25) is 0 Å². The third-order valence-corrected chi connectivity index (χ3v) is 5.18. The fraction of sp³-hybridized carbons (Fsp3) is 1.00. The van der Waals surface area contributed by atoms with Gasteiger partial charge < -0.3 is 0 Å². The molecule has 19 heavy (non-hydrogen) atoms. The first-order chi connectivity index (χ1) is 9.19. The second-order valence-electron chi connectivity index (χ2n) is 6.45. The van der Waals surface area contributed by atoms with E-state index in [2.05, 4.69) is 41.5 Å². The van der Waals surface area contributed by atoms with E-state index in [1.54, 1.807) is 0 Å². The summed E-state index contributed by atoms with van der Waals surface area (Å²) in [5.74, 6) is 2.91. The van der Waals surface area contributed by atoms with Crippen molar-refractivity contribution in [1.29, 1.82) is 0 Å². The summed E-state index contributed by atoms with van der Waals surface area (Å²) in [5, 5.41) is 0. The minimum Gasteiger partial charge on any atom is -0.0658 e. The van der Waals surface area contributed by atoms with Gasteiger partial charge in [0.05, 0.1) is 0 Å². The molecular formula is C18H39B. The van der Waals surface area contributed by atoms with Crippen molar-refractivity contribution in [2.45, 2.75) is 117 Å². The van der Waals surface area contributed by atoms with Gasteiger partial charge in [0.25, 0.3) is 0 Å². The topological polar surface area (TPSA) is 0 Å². The Hall–Kier alpha value is 0.0649. The molecule has 0 bridgehead atoms. The minimum absolute atomic E-state index is 0.970. The second-order valence-corrected chi connectivity index (χ2v) is 6.45. The highest BCUT2D eigenvalue weighted by Gasteiger charge is 2.35. The molecule has 0 saturated carbocycles. The Morgan fingerprint density at radius 1 is 0.526 bits per heavy atom. The van der Waals surface area contributed by atoms with Gasteiger partial charge in [-0.05, 0) is 0 Å². The Kier molecular flexibility index (Phi) is 11.9. The SMILES string of the molecule is CCCC(CC)B(C(CC)CCC)C(CC)CCC. The monoisotopic (exact) mass is 266 g/mol. The van der Waals surface area contributed by atoms with E-state index < -0.39 is 0 Å². The molecule has 3 unspecified atom stereocenters. The van der Waals surface area contributed by atoms with Crippen LogP contribution in [0.5, 0.6) is 0 Å². The van der Waals surface area contributed by atoms with Crippen molar-refractivity contribution in [2.24, 2.45) is 0 Å². The molecule has 0 N–H and O–H groups in total. The largest absolute Gasteiger partial charge is 0.149 e. The molecule has 0 aliphatic heterocycles. The molecule has 0 fully saturated rings. The standard InChI is InChI=1S/C18H39B/c1-7-13-16(10-4)19(17(11-5)14-8-2)18(12-6)15-9-3/h16-18H,7-15H2,1-6H3. The summed E-state index contributed by atoms with van der Waals surface area (Å²) >= 11 is 0. The van der Waals surface area contributed by atoms with Crippen LogP contribution >= 0.6 is 0 Å². The molecule has 1 heteroatoms. The Morgan fingerprint density at radius 3 is 0.947 bits per heavy atom. The van der Waals surface area contributed by atoms with Gasteiger partial charge in [-0.2, -0.15) is 0 Å². The third kappa shape index (κ3) is 6.36. The highest BCUT2D eigenvalue weighted by atomic mass is 14.2. The van der Waals surface area contributed by atoms with E-state index in [-0.39, 0.29) is 0 Å². The van der Waals surface area contributed by atoms with Crippen LogP contribution in [0, 0.1) is 0 Å². The van der Waals surface area contributed by atoms with Crippen molar-refractivity contribution in [2.75, 3.05) is 0 Å². The first kappa shape index (κ1) is 19.1. The van der Waals surface area contributed by atoms with E-state index in [1.165, 1.54) is 57.8 Å². The maximum atomic E-state index is 2.42. The molecule has 0 aromatic heterocycles. The molecule has 0 aromatic carbocycles. The minimum atomic E-state index is 0.970. The van der Waals surface area contributed by atoms with Gasteiger partial charge in [0.15, 0.2) is 0 Å². The Balaban J connectivity index is 5.04. The second kappa shape index (κ2) is 11.9. The van der Waals surface area contributed by atoms with Crippen molar-refractivity contribution in [3.8, 4) is 0 Å². The summed E-state index contributed by atoms with van der Waals surface area (Å²) in [6, 6.07) is 0. The predicted octanol–water partition coefficient (Wildman–Crippen LogP) is 7.22. The number of hydrogen-bond donors (Lipinski definition) is 0. The van der Waals surface area contributed by atoms with Gasteiger partial charge in [-0.25, -0.2) is 0 Å². The molecule has 114 valence electrons. The van der Waals surface area contributed by atoms with Crippen molar-refractivity contribution >= 4 is 6.71 Å². The first-order valence-electron chi connectivity index (χ1n) is 9.19. The van der Waals surface area contributed by atoms with E-state index in [9.17, 15) is 0 Å². The molecule has 0 radical (unpaired) electrons. The average Bonchev–Trinajstić information content (AvgIpc) is 2.43. The summed E-state index contributed by atoms with van der Waals surface area (Å²) in [6.45, 7) is 15.3. The lowest BCUT2D eigenvalue weighted by Gasteiger charge is -2.36. The van der Waals surface area contributed by atoms with Crippen molar-refractivity contribution < 1.29 is 0 Å². The van der Waals surface area contributed by atoms with Crippen LogP contribution in [0.15, 0.2) is 0 Å². The van der Waals surface area contributed by atoms with E-state index in [0.29, 0.717) is 0 Å². The predicted molar refractivity (Wildman–Crippen MR) is 92.6 cm³/mol. The molecule has 0 saturated heterocycles. The zero-order valence-electron chi connectivity index (χ0n) is 14.7. The van der Waals surface area contributed by atoms with Gasteiger partial charge in [-0.1, -0.05) is 117 Å². The lowest BCUT2D eigenvalue weighted by molar-refractivity contribution is 0.579. The van der Waals surface area contributed by atoms with Crippen molar-refractivity contribution in [3.63, 3.8) is 0 Å². The van der Waals surface area contributed by atoms with Gasteiger partial charge in [-0.15, -0.1) is 0 Å². The highest BCUT2D eigenvalue weighted by Crippen LogP contribution is 2.43. The maximum Gasteiger partial charge on any atom is 0.149 e. The Morgan fingerprint density at radius 2 is 0.789 bits per heavy atom. The van der Waals surface area contributed by atoms with Gasteiger partial charge in [0.2, 0.25) is 0 Å². The van der Waals surface area contributed by atoms with Crippen LogP contribution in [0.25, 0.3) is 0 Å². The van der Waals surface area contributed by atoms with Crippen LogP contribution in [0.1, 0.15) is 99.3 Å². The van der Waals surface area contributed by atoms with Crippen molar-refractivity contribution in [1.82, 2.24) is 0 Å². The molecule has 0 spiro atoms. The lowest BCUT2D eigenvalue weighted by atomic mass is 9.25. The molecule has 0 heterocycles. The zero-order chi connectivity index (χ0) is 14.7. The molecule has 3 atom stereocenters. The van der Waals surface area contributed by atoms with E-state index >= 15 is 0 Å². The number of hydrogen-bond acceptors (Lipinski definition) is 0. The first-order valence-corrected chi connectivity index (χ1v) is 9.19. The third-order valence-electron chi connectivity index (χ3n) is 5.18. The van der Waals surface area contributed by atoms with E-state index in [0.717, 1.165) is 24.2 Å². The normalized spacial score (nSPS) is 16.1. The maximum absolute atomic E-state index is 2.42. The van der Waals surface area contributed by atoms with Crippen LogP contribution in [0.2, 0.25) is 17.5 Å². The zero-order valence-corrected chi connectivity index (χ0v) is 14.7. The number of rotatable bonds is 12. The lowest BCUT2D eigenvalue weighted by Crippen LogP contribution is -2.32. The van der Waals surface area contributed by atoms with E-state index in [4.69, 9.17) is 0 Å². The molecular weight excluding hydrogens is 227 g/mol. The molecule has 0 rings (SSSR count). The van der Waals surface area contributed by atoms with Gasteiger partial charge in [0.1, 0.15) is 6.71 Å². The van der Waals surface area contributed by atoms with Crippen LogP contribution in [0.3, 0.4) is 0 Å². The Bertz CT molecular complexity index is 157. The van der Waals surface area contributed by atoms with Crippen LogP contribution in [-0.4, -0.2) is 6.71 Å². The molecule has 0 aliphatic rings. The highest BCUT2D eigenvalue weighted by molar-refractivity contribution is 6.63. The van der Waals surface area contributed by atoms with Crippen LogP contribution in [-0.2, 0) is 0 Å². The average molecular weight is 266 g/mol. The van der Waals surface area contributed by atoms with E-state index in [1.807, 2.05) is 0 Å². The quantitative estimate of drug-likeness (QED) is 0.327. The molecule has 0 aliphatic carbocycles. The Labute approximate surface area is 124 Å². The molecule has 0 aromatic rings. The molecule has 0 amide bonds. The fourth-order valence-corrected chi connectivity index (χ4v) is 4.27. The summed E-state index contributed by atoms with van der Waals surface area (Å²) in [5.41, 5.74) is 0. The smallest absolute Gasteiger partial charge is 0.0658 e. The van der Waals surface area contributed by atoms with Gasteiger partial charge in [0, 0.05) is 0 Å².